The van der Waals surface area contributed by atoms with Gasteiger partial charge in [-0.15, -0.1) is 0 Å². The van der Waals surface area contributed by atoms with Gasteiger partial charge >= 0.3 is 106 Å². The Morgan fingerprint density at radius 3 is 2.56 bits per heavy atom. The molecule has 1 heterocycles. The van der Waals surface area contributed by atoms with Gasteiger partial charge in [-0.25, -0.2) is 0 Å². The van der Waals surface area contributed by atoms with Crippen LogP contribution >= 0.6 is 0 Å². The van der Waals surface area contributed by atoms with Gasteiger partial charge in [-0.1, -0.05) is 0 Å². The summed E-state index contributed by atoms with van der Waals surface area (Å²) in [6.07, 6.45) is 4.06. The number of carbonyl (C=O) groups is 1. The first-order valence-corrected chi connectivity index (χ1v) is 6.92. The van der Waals surface area contributed by atoms with Crippen LogP contribution in [0.1, 0.15) is 39.5 Å². The van der Waals surface area contributed by atoms with E-state index >= 15 is 0 Å². The molecular formula is C12H21NO2Se. The second kappa shape index (κ2) is 7.08. The van der Waals surface area contributed by atoms with Crippen LogP contribution < -0.4 is 0 Å². The van der Waals surface area contributed by atoms with E-state index in [-0.39, 0.29) is 5.97 Å². The van der Waals surface area contributed by atoms with Crippen molar-refractivity contribution in [3.63, 3.8) is 0 Å². The molecule has 16 heavy (non-hydrogen) atoms. The zero-order chi connectivity index (χ0) is 12.0. The second-order valence-electron chi connectivity index (χ2n) is 4.41. The Hall–Kier alpha value is -0.341. The van der Waals surface area contributed by atoms with Crippen molar-refractivity contribution in [2.45, 2.75) is 39.5 Å². The van der Waals surface area contributed by atoms with Gasteiger partial charge in [0.25, 0.3) is 0 Å². The molecule has 1 fully saturated rings. The van der Waals surface area contributed by atoms with Crippen LogP contribution in [-0.2, 0) is 9.53 Å². The summed E-state index contributed by atoms with van der Waals surface area (Å²) in [6.45, 7) is 6.75. The number of likely N-dealkylation sites (tertiary alicyclic amines) is 1. The van der Waals surface area contributed by atoms with Crippen LogP contribution in [0.5, 0.6) is 0 Å². The SMILES string of the molecule is CCOC(=O)CC(C)CC(=[Se])N1CCCC1. The summed E-state index contributed by atoms with van der Waals surface area (Å²) in [4.78, 5) is 13.7. The zero-order valence-electron chi connectivity index (χ0n) is 10.2. The third kappa shape index (κ3) is 4.67. The van der Waals surface area contributed by atoms with Gasteiger partial charge < -0.3 is 0 Å². The molecule has 1 aliphatic rings. The number of carbonyl (C=O) groups excluding carboxylic acids is 1. The van der Waals surface area contributed by atoms with Gasteiger partial charge in [0.05, 0.1) is 0 Å². The second-order valence-corrected chi connectivity index (χ2v) is 5.40. The number of hydrogen-bond donors (Lipinski definition) is 0. The molecule has 1 unspecified atom stereocenters. The molecule has 1 saturated heterocycles. The monoisotopic (exact) mass is 291 g/mol. The van der Waals surface area contributed by atoms with Crippen molar-refractivity contribution >= 4 is 26.1 Å². The Labute approximate surface area is 106 Å². The predicted octanol–water partition coefficient (Wildman–Crippen LogP) is 1.36. The standard InChI is InChI=1S/C12H21NO2Se/c1-3-15-12(14)9-10(2)8-11(16)13-6-4-5-7-13/h10H,3-9H2,1-2H3. The molecule has 0 spiro atoms. The molecule has 0 radical (unpaired) electrons. The first-order valence-electron chi connectivity index (χ1n) is 6.07. The van der Waals surface area contributed by atoms with Gasteiger partial charge in [0.15, 0.2) is 0 Å². The summed E-state index contributed by atoms with van der Waals surface area (Å²) in [5, 5.41) is 0. The van der Waals surface area contributed by atoms with Crippen molar-refractivity contribution in [2.75, 3.05) is 19.7 Å². The van der Waals surface area contributed by atoms with E-state index in [0.717, 1.165) is 19.5 Å². The molecule has 1 atom stereocenters. The molecule has 0 amide bonds. The van der Waals surface area contributed by atoms with Gasteiger partial charge in [-0.3, -0.25) is 0 Å². The van der Waals surface area contributed by atoms with Crippen LogP contribution in [0.3, 0.4) is 0 Å². The van der Waals surface area contributed by atoms with E-state index in [4.69, 9.17) is 4.74 Å². The molecule has 0 aromatic carbocycles. The Kier molecular flexibility index (Phi) is 6.07. The molecule has 92 valence electrons. The quantitative estimate of drug-likeness (QED) is 0.546. The molecule has 0 bridgehead atoms. The summed E-state index contributed by atoms with van der Waals surface area (Å²) in [5.74, 6) is 0.278. The first-order chi connectivity index (χ1) is 7.63. The Balaban J connectivity index is 2.24. The normalized spacial score (nSPS) is 17.2. The summed E-state index contributed by atoms with van der Waals surface area (Å²) in [7, 11) is 0. The third-order valence-electron chi connectivity index (χ3n) is 2.80. The van der Waals surface area contributed by atoms with Gasteiger partial charge in [-0.2, -0.15) is 0 Å². The summed E-state index contributed by atoms with van der Waals surface area (Å²) in [6, 6.07) is 0. The Morgan fingerprint density at radius 1 is 1.38 bits per heavy atom. The number of esters is 1. The topological polar surface area (TPSA) is 29.5 Å². The molecule has 0 N–H and O–H groups in total. The number of hydrogen-bond acceptors (Lipinski definition) is 3. The third-order valence-corrected chi connectivity index (χ3v) is 3.69. The Bertz CT molecular complexity index is 249. The summed E-state index contributed by atoms with van der Waals surface area (Å²) < 4.78 is 6.25. The number of ether oxygens (including phenoxy) is 1. The van der Waals surface area contributed by atoms with Crippen molar-refractivity contribution in [1.29, 1.82) is 0 Å². The minimum absolute atomic E-state index is 0.0794. The van der Waals surface area contributed by atoms with E-state index in [2.05, 4.69) is 27.4 Å². The molecule has 4 heteroatoms. The van der Waals surface area contributed by atoms with Crippen LogP contribution in [0.15, 0.2) is 0 Å². The molecule has 1 rings (SSSR count). The van der Waals surface area contributed by atoms with Gasteiger partial charge in [0.1, 0.15) is 0 Å². The maximum absolute atomic E-state index is 11.3. The van der Waals surface area contributed by atoms with E-state index in [1.54, 1.807) is 0 Å². The van der Waals surface area contributed by atoms with E-state index in [9.17, 15) is 4.79 Å². The minimum atomic E-state index is -0.0794. The van der Waals surface area contributed by atoms with Gasteiger partial charge in [0.2, 0.25) is 0 Å². The average molecular weight is 290 g/mol. The Morgan fingerprint density at radius 2 is 2.00 bits per heavy atom. The van der Waals surface area contributed by atoms with E-state index in [0.29, 0.717) is 18.9 Å². The van der Waals surface area contributed by atoms with Crippen LogP contribution in [-0.4, -0.2) is 50.7 Å². The molecular weight excluding hydrogens is 269 g/mol. The number of nitrogens with zero attached hydrogens (tertiary/aromatic N) is 1. The van der Waals surface area contributed by atoms with Crippen LogP contribution in [0.25, 0.3) is 0 Å². The fourth-order valence-electron chi connectivity index (χ4n) is 1.97. The molecule has 0 aliphatic carbocycles. The summed E-state index contributed by atoms with van der Waals surface area (Å²) >= 11 is 3.15. The molecule has 1 aliphatic heterocycles. The maximum atomic E-state index is 11.3. The van der Waals surface area contributed by atoms with E-state index < -0.39 is 0 Å². The molecule has 0 saturated carbocycles. The van der Waals surface area contributed by atoms with Crippen molar-refractivity contribution < 1.29 is 9.53 Å². The average Bonchev–Trinajstić information content (AvgIpc) is 2.69. The van der Waals surface area contributed by atoms with Crippen LogP contribution in [0.4, 0.5) is 0 Å². The van der Waals surface area contributed by atoms with Crippen LogP contribution in [0.2, 0.25) is 0 Å². The van der Waals surface area contributed by atoms with Crippen molar-refractivity contribution in [3.8, 4) is 0 Å². The zero-order valence-corrected chi connectivity index (χ0v) is 11.9. The van der Waals surface area contributed by atoms with Gasteiger partial charge in [-0.05, 0) is 0 Å². The van der Waals surface area contributed by atoms with Gasteiger partial charge in [0, 0.05) is 0 Å². The van der Waals surface area contributed by atoms with E-state index in [1.165, 1.54) is 17.4 Å². The molecule has 0 aromatic rings. The predicted molar refractivity (Wildman–Crippen MR) is 66.6 cm³/mol. The fraction of sp³-hybridized carbons (Fsp3) is 0.833. The van der Waals surface area contributed by atoms with Crippen LogP contribution in [0, 0.1) is 5.92 Å². The molecule has 3 nitrogen and oxygen atoms in total. The van der Waals surface area contributed by atoms with E-state index in [1.807, 2.05) is 6.92 Å². The van der Waals surface area contributed by atoms with Crippen molar-refractivity contribution in [2.24, 2.45) is 5.92 Å². The van der Waals surface area contributed by atoms with Crippen molar-refractivity contribution in [3.05, 3.63) is 0 Å². The number of rotatable bonds is 6. The fourth-order valence-corrected chi connectivity index (χ4v) is 2.95. The van der Waals surface area contributed by atoms with Crippen molar-refractivity contribution in [1.82, 2.24) is 4.90 Å². The summed E-state index contributed by atoms with van der Waals surface area (Å²) in [5.41, 5.74) is 0. The molecule has 0 aromatic heterocycles. The first kappa shape index (κ1) is 13.7.